The standard InChI is InChI=1S/C13H15NO5S/c1-18-9-4-3-5-10(19-2)11(9)12(15)14-7-20-6-8(14)13(16)17/h3-5,8H,6-7H2,1-2H3,(H,16,17)/t8-/m0/s1. The first kappa shape index (κ1) is 14.5. The van der Waals surface area contributed by atoms with Crippen LogP contribution in [-0.4, -0.2) is 53.8 Å². The minimum Gasteiger partial charge on any atom is -0.496 e. The first-order chi connectivity index (χ1) is 9.60. The van der Waals surface area contributed by atoms with Crippen molar-refractivity contribution in [2.24, 2.45) is 0 Å². The Bertz CT molecular complexity index is 511. The number of carbonyl (C=O) groups excluding carboxylic acids is 1. The van der Waals surface area contributed by atoms with Gasteiger partial charge in [0, 0.05) is 5.75 Å². The summed E-state index contributed by atoms with van der Waals surface area (Å²) in [5, 5.41) is 9.16. The molecule has 1 heterocycles. The third kappa shape index (κ3) is 2.53. The predicted molar refractivity (Wildman–Crippen MR) is 74.5 cm³/mol. The summed E-state index contributed by atoms with van der Waals surface area (Å²) in [5.41, 5.74) is 0.256. The number of hydrogen-bond acceptors (Lipinski definition) is 5. The van der Waals surface area contributed by atoms with Gasteiger partial charge in [0.1, 0.15) is 23.1 Å². The van der Waals surface area contributed by atoms with Crippen molar-refractivity contribution in [3.63, 3.8) is 0 Å². The van der Waals surface area contributed by atoms with Crippen LogP contribution in [0.3, 0.4) is 0 Å². The lowest BCUT2D eigenvalue weighted by Crippen LogP contribution is -2.42. The average Bonchev–Trinajstić information content (AvgIpc) is 2.95. The number of carboxylic acid groups (broad SMARTS) is 1. The molecule has 1 saturated heterocycles. The SMILES string of the molecule is COc1cccc(OC)c1C(=O)N1CSC[C@H]1C(=O)O. The molecule has 1 N–H and O–H groups in total. The maximum atomic E-state index is 12.6. The van der Waals surface area contributed by atoms with Crippen molar-refractivity contribution >= 4 is 23.6 Å². The molecule has 0 aliphatic carbocycles. The van der Waals surface area contributed by atoms with Crippen LogP contribution in [-0.2, 0) is 4.79 Å². The van der Waals surface area contributed by atoms with E-state index < -0.39 is 17.9 Å². The number of nitrogens with zero attached hydrogens (tertiary/aromatic N) is 1. The zero-order chi connectivity index (χ0) is 14.7. The van der Waals surface area contributed by atoms with Crippen molar-refractivity contribution in [1.82, 2.24) is 4.90 Å². The van der Waals surface area contributed by atoms with Gasteiger partial charge < -0.3 is 19.5 Å². The molecule has 1 aromatic carbocycles. The highest BCUT2D eigenvalue weighted by molar-refractivity contribution is 7.99. The van der Waals surface area contributed by atoms with Gasteiger partial charge in [0.25, 0.3) is 5.91 Å². The molecule has 1 fully saturated rings. The molecule has 108 valence electrons. The quantitative estimate of drug-likeness (QED) is 0.903. The molecule has 0 unspecified atom stereocenters. The monoisotopic (exact) mass is 297 g/mol. The number of methoxy groups -OCH3 is 2. The Kier molecular flexibility index (Phi) is 4.39. The summed E-state index contributed by atoms with van der Waals surface area (Å²) in [5.74, 6) is 0.0786. The van der Waals surface area contributed by atoms with Crippen LogP contribution in [0.5, 0.6) is 11.5 Å². The van der Waals surface area contributed by atoms with Gasteiger partial charge in [-0.05, 0) is 12.1 Å². The number of rotatable bonds is 4. The Labute approximate surface area is 120 Å². The maximum Gasteiger partial charge on any atom is 0.327 e. The molecule has 2 rings (SSSR count). The Morgan fingerprint density at radius 2 is 1.90 bits per heavy atom. The van der Waals surface area contributed by atoms with E-state index in [2.05, 4.69) is 0 Å². The van der Waals surface area contributed by atoms with Crippen molar-refractivity contribution in [2.45, 2.75) is 6.04 Å². The third-order valence-corrected chi connectivity index (χ3v) is 4.08. The van der Waals surface area contributed by atoms with E-state index in [1.807, 2.05) is 0 Å². The first-order valence-corrected chi connectivity index (χ1v) is 7.08. The molecule has 1 atom stereocenters. The fourth-order valence-corrected chi connectivity index (χ4v) is 3.20. The van der Waals surface area contributed by atoms with Crippen molar-refractivity contribution in [1.29, 1.82) is 0 Å². The van der Waals surface area contributed by atoms with Crippen LogP contribution in [0.25, 0.3) is 0 Å². The summed E-state index contributed by atoms with van der Waals surface area (Å²) >= 11 is 1.41. The number of carbonyl (C=O) groups is 2. The fraction of sp³-hybridized carbons (Fsp3) is 0.385. The number of aliphatic carboxylic acids is 1. The first-order valence-electron chi connectivity index (χ1n) is 5.92. The summed E-state index contributed by atoms with van der Waals surface area (Å²) in [6, 6.07) is 4.19. The second kappa shape index (κ2) is 6.04. The lowest BCUT2D eigenvalue weighted by atomic mass is 10.1. The Morgan fingerprint density at radius 1 is 1.30 bits per heavy atom. The number of amides is 1. The number of benzene rings is 1. The smallest absolute Gasteiger partial charge is 0.327 e. The van der Waals surface area contributed by atoms with E-state index in [-0.39, 0.29) is 5.56 Å². The summed E-state index contributed by atoms with van der Waals surface area (Å²) in [6.07, 6.45) is 0. The van der Waals surface area contributed by atoms with Crippen LogP contribution in [0.1, 0.15) is 10.4 Å². The van der Waals surface area contributed by atoms with Gasteiger partial charge in [0.15, 0.2) is 0 Å². The molecule has 7 heteroatoms. The molecule has 1 aliphatic rings. The lowest BCUT2D eigenvalue weighted by Gasteiger charge is -2.22. The van der Waals surface area contributed by atoms with Crippen LogP contribution in [0.2, 0.25) is 0 Å². The Hall–Kier alpha value is -1.89. The average molecular weight is 297 g/mol. The van der Waals surface area contributed by atoms with Crippen LogP contribution >= 0.6 is 11.8 Å². The molecule has 0 saturated carbocycles. The molecule has 6 nitrogen and oxygen atoms in total. The maximum absolute atomic E-state index is 12.6. The lowest BCUT2D eigenvalue weighted by molar-refractivity contribution is -0.140. The van der Waals surface area contributed by atoms with E-state index in [0.717, 1.165) is 0 Å². The number of carboxylic acids is 1. The number of hydrogen-bond donors (Lipinski definition) is 1. The van der Waals surface area contributed by atoms with Crippen LogP contribution in [0, 0.1) is 0 Å². The Morgan fingerprint density at radius 3 is 2.40 bits per heavy atom. The van der Waals surface area contributed by atoms with Crippen molar-refractivity contribution in [2.75, 3.05) is 25.8 Å². The highest BCUT2D eigenvalue weighted by Gasteiger charge is 2.37. The van der Waals surface area contributed by atoms with Crippen molar-refractivity contribution < 1.29 is 24.2 Å². The Balaban J connectivity index is 2.40. The number of ether oxygens (including phenoxy) is 2. The molecule has 1 amide bonds. The van der Waals surface area contributed by atoms with Crippen LogP contribution in [0.4, 0.5) is 0 Å². The molecule has 0 spiro atoms. The van der Waals surface area contributed by atoms with Gasteiger partial charge in [-0.3, -0.25) is 4.79 Å². The second-order valence-electron chi connectivity index (χ2n) is 4.17. The molecule has 1 aliphatic heterocycles. The van der Waals surface area contributed by atoms with Crippen LogP contribution < -0.4 is 9.47 Å². The minimum atomic E-state index is -1.00. The molecule has 0 radical (unpaired) electrons. The predicted octanol–water partition coefficient (Wildman–Crippen LogP) is 1.30. The zero-order valence-corrected chi connectivity index (χ0v) is 12.0. The van der Waals surface area contributed by atoms with Gasteiger partial charge in [0.05, 0.1) is 20.1 Å². The second-order valence-corrected chi connectivity index (χ2v) is 5.17. The summed E-state index contributed by atoms with van der Waals surface area (Å²) in [4.78, 5) is 25.1. The van der Waals surface area contributed by atoms with Gasteiger partial charge in [-0.25, -0.2) is 4.79 Å². The highest BCUT2D eigenvalue weighted by atomic mass is 32.2. The van der Waals surface area contributed by atoms with Gasteiger partial charge in [-0.15, -0.1) is 11.8 Å². The van der Waals surface area contributed by atoms with Gasteiger partial charge in [0.2, 0.25) is 0 Å². The normalized spacial score (nSPS) is 17.9. The van der Waals surface area contributed by atoms with Crippen molar-refractivity contribution in [3.05, 3.63) is 23.8 Å². The zero-order valence-electron chi connectivity index (χ0n) is 11.2. The summed E-state index contributed by atoms with van der Waals surface area (Å²) < 4.78 is 10.4. The van der Waals surface area contributed by atoms with Crippen molar-refractivity contribution in [3.8, 4) is 11.5 Å². The largest absolute Gasteiger partial charge is 0.496 e. The molecule has 20 heavy (non-hydrogen) atoms. The topological polar surface area (TPSA) is 76.1 Å². The molecular weight excluding hydrogens is 282 g/mol. The molecular formula is C13H15NO5S. The van der Waals surface area contributed by atoms with E-state index in [4.69, 9.17) is 14.6 Å². The van der Waals surface area contributed by atoms with E-state index in [1.165, 1.54) is 30.9 Å². The number of thioether (sulfide) groups is 1. The van der Waals surface area contributed by atoms with E-state index in [1.54, 1.807) is 18.2 Å². The van der Waals surface area contributed by atoms with E-state index in [9.17, 15) is 9.59 Å². The van der Waals surface area contributed by atoms with Gasteiger partial charge >= 0.3 is 5.97 Å². The summed E-state index contributed by atoms with van der Waals surface area (Å²) in [6.45, 7) is 0. The fourth-order valence-electron chi connectivity index (χ4n) is 2.05. The van der Waals surface area contributed by atoms with Gasteiger partial charge in [-0.1, -0.05) is 6.07 Å². The van der Waals surface area contributed by atoms with Gasteiger partial charge in [-0.2, -0.15) is 0 Å². The third-order valence-electron chi connectivity index (χ3n) is 3.07. The molecule has 1 aromatic rings. The van der Waals surface area contributed by atoms with E-state index in [0.29, 0.717) is 23.1 Å². The molecule has 0 bridgehead atoms. The van der Waals surface area contributed by atoms with Crippen LogP contribution in [0.15, 0.2) is 18.2 Å². The van der Waals surface area contributed by atoms with E-state index >= 15 is 0 Å². The highest BCUT2D eigenvalue weighted by Crippen LogP contribution is 2.32. The molecule has 0 aromatic heterocycles. The summed E-state index contributed by atoms with van der Waals surface area (Å²) in [7, 11) is 2.91. The minimum absolute atomic E-state index is 0.256.